The average Bonchev–Trinajstić information content (AvgIpc) is 2.98. The van der Waals surface area contributed by atoms with Gasteiger partial charge in [-0.25, -0.2) is 4.79 Å². The molecule has 6 nitrogen and oxygen atoms in total. The first-order valence-corrected chi connectivity index (χ1v) is 5.78. The zero-order valence-corrected chi connectivity index (χ0v) is 10.1. The van der Waals surface area contributed by atoms with Crippen LogP contribution in [0.2, 0.25) is 0 Å². The Bertz CT molecular complexity index is 447. The summed E-state index contributed by atoms with van der Waals surface area (Å²) in [5.41, 5.74) is 0. The van der Waals surface area contributed by atoms with Crippen molar-refractivity contribution in [2.75, 3.05) is 20.2 Å². The number of carbonyl (C=O) groups is 2. The molecular weight excluding hydrogens is 238 g/mol. The van der Waals surface area contributed by atoms with Gasteiger partial charge in [-0.05, 0) is 25.0 Å². The number of likely N-dealkylation sites (N-methyl/N-ethyl adjacent to an activating group) is 1. The van der Waals surface area contributed by atoms with Crippen LogP contribution < -0.4 is 0 Å². The lowest BCUT2D eigenvalue weighted by Crippen LogP contribution is -2.33. The van der Waals surface area contributed by atoms with Gasteiger partial charge in [-0.15, -0.1) is 0 Å². The zero-order chi connectivity index (χ0) is 13.1. The summed E-state index contributed by atoms with van der Waals surface area (Å²) >= 11 is 0. The van der Waals surface area contributed by atoms with Gasteiger partial charge in [0.25, 0.3) is 5.91 Å². The van der Waals surface area contributed by atoms with E-state index in [1.54, 1.807) is 7.05 Å². The molecule has 1 unspecified atom stereocenters. The first-order valence-electron chi connectivity index (χ1n) is 5.78. The van der Waals surface area contributed by atoms with Gasteiger partial charge in [-0.1, -0.05) is 0 Å². The summed E-state index contributed by atoms with van der Waals surface area (Å²) in [4.78, 5) is 24.1. The predicted molar refractivity (Wildman–Crippen MR) is 61.6 cm³/mol. The second-order valence-electron chi connectivity index (χ2n) is 4.29. The lowest BCUT2D eigenvalue weighted by atomic mass is 10.2. The first kappa shape index (κ1) is 12.6. The van der Waals surface area contributed by atoms with Gasteiger partial charge in [0.15, 0.2) is 5.76 Å². The van der Waals surface area contributed by atoms with Crippen molar-refractivity contribution in [2.24, 2.45) is 0 Å². The maximum Gasteiger partial charge on any atom is 0.371 e. The van der Waals surface area contributed by atoms with Gasteiger partial charge in [-0.3, -0.25) is 4.79 Å². The van der Waals surface area contributed by atoms with Crippen LogP contribution in [0.1, 0.15) is 34.0 Å². The first-order chi connectivity index (χ1) is 8.58. The smallest absolute Gasteiger partial charge is 0.371 e. The molecule has 0 aliphatic carbocycles. The molecule has 0 saturated carbocycles. The standard InChI is InChI=1S/C12H15NO5/c1-13(7-8-3-2-6-17-8)11(14)9-4-5-10(18-9)12(15)16/h4-5,8H,2-3,6-7H2,1H3,(H,15,16). The number of ether oxygens (including phenoxy) is 1. The molecule has 1 aromatic rings. The lowest BCUT2D eigenvalue weighted by molar-refractivity contribution is 0.0555. The zero-order valence-electron chi connectivity index (χ0n) is 10.1. The van der Waals surface area contributed by atoms with Crippen molar-refractivity contribution in [1.82, 2.24) is 4.90 Å². The Balaban J connectivity index is 1.98. The highest BCUT2D eigenvalue weighted by Crippen LogP contribution is 2.15. The number of rotatable bonds is 4. The molecule has 1 saturated heterocycles. The fourth-order valence-electron chi connectivity index (χ4n) is 1.93. The number of carbonyl (C=O) groups excluding carboxylic acids is 1. The summed E-state index contributed by atoms with van der Waals surface area (Å²) in [6.45, 7) is 1.22. The number of furan rings is 1. The molecular formula is C12H15NO5. The van der Waals surface area contributed by atoms with E-state index in [-0.39, 0.29) is 23.5 Å². The van der Waals surface area contributed by atoms with E-state index in [2.05, 4.69) is 0 Å². The Kier molecular flexibility index (Phi) is 3.66. The maximum atomic E-state index is 12.0. The number of amides is 1. The molecule has 0 radical (unpaired) electrons. The number of carboxylic acids is 1. The lowest BCUT2D eigenvalue weighted by Gasteiger charge is -2.19. The third-order valence-electron chi connectivity index (χ3n) is 2.88. The molecule has 18 heavy (non-hydrogen) atoms. The third-order valence-corrected chi connectivity index (χ3v) is 2.88. The van der Waals surface area contributed by atoms with Crippen molar-refractivity contribution < 1.29 is 23.8 Å². The highest BCUT2D eigenvalue weighted by Gasteiger charge is 2.23. The molecule has 1 aliphatic rings. The fraction of sp³-hybridized carbons (Fsp3) is 0.500. The third kappa shape index (κ3) is 2.70. The van der Waals surface area contributed by atoms with Crippen LogP contribution >= 0.6 is 0 Å². The van der Waals surface area contributed by atoms with Crippen LogP contribution in [-0.4, -0.2) is 48.2 Å². The second-order valence-corrected chi connectivity index (χ2v) is 4.29. The minimum absolute atomic E-state index is 0.0351. The molecule has 98 valence electrons. The van der Waals surface area contributed by atoms with Gasteiger partial charge in [0.2, 0.25) is 5.76 Å². The predicted octanol–water partition coefficient (Wildman–Crippen LogP) is 1.23. The SMILES string of the molecule is CN(CC1CCCO1)C(=O)c1ccc(C(=O)O)o1. The highest BCUT2D eigenvalue weighted by atomic mass is 16.5. The maximum absolute atomic E-state index is 12.0. The molecule has 6 heteroatoms. The van der Waals surface area contributed by atoms with Crippen LogP contribution in [0.25, 0.3) is 0 Å². The Morgan fingerprint density at radius 1 is 1.44 bits per heavy atom. The minimum Gasteiger partial charge on any atom is -0.475 e. The summed E-state index contributed by atoms with van der Waals surface area (Å²) < 4.78 is 10.4. The van der Waals surface area contributed by atoms with E-state index in [0.717, 1.165) is 19.4 Å². The van der Waals surface area contributed by atoms with Gasteiger partial charge >= 0.3 is 5.97 Å². The topological polar surface area (TPSA) is 80.0 Å². The molecule has 1 aliphatic heterocycles. The molecule has 1 fully saturated rings. The summed E-state index contributed by atoms with van der Waals surface area (Å²) in [5, 5.41) is 8.71. The number of hydrogen-bond donors (Lipinski definition) is 1. The Hall–Kier alpha value is -1.82. The molecule has 2 heterocycles. The van der Waals surface area contributed by atoms with Gasteiger partial charge in [-0.2, -0.15) is 0 Å². The van der Waals surface area contributed by atoms with E-state index in [9.17, 15) is 9.59 Å². The molecule has 0 spiro atoms. The van der Waals surface area contributed by atoms with Crippen LogP contribution in [0, 0.1) is 0 Å². The van der Waals surface area contributed by atoms with Crippen molar-refractivity contribution in [3.63, 3.8) is 0 Å². The number of carboxylic acid groups (broad SMARTS) is 1. The number of aromatic carboxylic acids is 1. The fourth-order valence-corrected chi connectivity index (χ4v) is 1.93. The van der Waals surface area contributed by atoms with Gasteiger partial charge in [0, 0.05) is 20.2 Å². The Morgan fingerprint density at radius 3 is 2.72 bits per heavy atom. The molecule has 0 aromatic carbocycles. The van der Waals surface area contributed by atoms with Crippen LogP contribution in [0.3, 0.4) is 0 Å². The van der Waals surface area contributed by atoms with Gasteiger partial charge in [0.05, 0.1) is 6.10 Å². The second kappa shape index (κ2) is 5.22. The molecule has 1 atom stereocenters. The van der Waals surface area contributed by atoms with Crippen LogP contribution in [0.4, 0.5) is 0 Å². The Morgan fingerprint density at radius 2 is 2.17 bits per heavy atom. The van der Waals surface area contributed by atoms with E-state index in [1.165, 1.54) is 17.0 Å². The van der Waals surface area contributed by atoms with Gasteiger partial charge in [0.1, 0.15) is 0 Å². The molecule has 2 rings (SSSR count). The van der Waals surface area contributed by atoms with Crippen LogP contribution in [-0.2, 0) is 4.74 Å². The van der Waals surface area contributed by atoms with Crippen LogP contribution in [0.5, 0.6) is 0 Å². The van der Waals surface area contributed by atoms with E-state index >= 15 is 0 Å². The summed E-state index contributed by atoms with van der Waals surface area (Å²) in [6, 6.07) is 2.65. The van der Waals surface area contributed by atoms with Gasteiger partial charge < -0.3 is 19.2 Å². The highest BCUT2D eigenvalue weighted by molar-refractivity contribution is 5.93. The van der Waals surface area contributed by atoms with Crippen LogP contribution in [0.15, 0.2) is 16.5 Å². The largest absolute Gasteiger partial charge is 0.475 e. The summed E-state index contributed by atoms with van der Waals surface area (Å²) in [6.07, 6.45) is 2.01. The van der Waals surface area contributed by atoms with Crippen molar-refractivity contribution in [2.45, 2.75) is 18.9 Å². The minimum atomic E-state index is -1.18. The van der Waals surface area contributed by atoms with Crippen molar-refractivity contribution >= 4 is 11.9 Å². The summed E-state index contributed by atoms with van der Waals surface area (Å²) in [7, 11) is 1.65. The van der Waals surface area contributed by atoms with Crippen molar-refractivity contribution in [3.8, 4) is 0 Å². The number of nitrogens with zero attached hydrogens (tertiary/aromatic N) is 1. The van der Waals surface area contributed by atoms with Crippen molar-refractivity contribution in [1.29, 1.82) is 0 Å². The molecule has 1 amide bonds. The number of hydrogen-bond acceptors (Lipinski definition) is 4. The monoisotopic (exact) mass is 253 g/mol. The molecule has 1 aromatic heterocycles. The Labute approximate surface area is 104 Å². The normalized spacial score (nSPS) is 18.8. The van der Waals surface area contributed by atoms with E-state index in [1.807, 2.05) is 0 Å². The van der Waals surface area contributed by atoms with E-state index < -0.39 is 5.97 Å². The van der Waals surface area contributed by atoms with Crippen molar-refractivity contribution in [3.05, 3.63) is 23.7 Å². The summed E-state index contributed by atoms with van der Waals surface area (Å²) in [5.74, 6) is -1.72. The quantitative estimate of drug-likeness (QED) is 0.872. The van der Waals surface area contributed by atoms with E-state index in [0.29, 0.717) is 6.54 Å². The van der Waals surface area contributed by atoms with E-state index in [4.69, 9.17) is 14.3 Å². The average molecular weight is 253 g/mol. The molecule has 1 N–H and O–H groups in total. The molecule has 0 bridgehead atoms.